The summed E-state index contributed by atoms with van der Waals surface area (Å²) in [5.74, 6) is 1.23. The molecule has 2 aromatic rings. The van der Waals surface area contributed by atoms with E-state index >= 15 is 0 Å². The van der Waals surface area contributed by atoms with E-state index in [1.807, 2.05) is 19.9 Å². The summed E-state index contributed by atoms with van der Waals surface area (Å²) in [7, 11) is -3.32. The summed E-state index contributed by atoms with van der Waals surface area (Å²) in [5.41, 5.74) is 3.15. The van der Waals surface area contributed by atoms with E-state index in [0.717, 1.165) is 23.4 Å². The van der Waals surface area contributed by atoms with E-state index in [4.69, 9.17) is 16.6 Å². The number of Topliss-reactive ketones (excluding diaryl/α,β-unsaturated/α-hetero) is 1. The fraction of sp³-hybridized carbons (Fsp3) is 0.556. The van der Waals surface area contributed by atoms with Crippen LogP contribution < -0.4 is 5.32 Å². The van der Waals surface area contributed by atoms with Gasteiger partial charge in [-0.3, -0.25) is 14.8 Å². The van der Waals surface area contributed by atoms with Crippen molar-refractivity contribution in [1.29, 1.82) is 0 Å². The van der Waals surface area contributed by atoms with Crippen LogP contribution in [-0.4, -0.2) is 35.8 Å². The fourth-order valence-corrected chi connectivity index (χ4v) is 6.28. The average Bonchev–Trinajstić information content (AvgIpc) is 2.83. The third kappa shape index (κ3) is 5.49. The van der Waals surface area contributed by atoms with Crippen molar-refractivity contribution in [2.45, 2.75) is 71.2 Å². The second-order valence-electron chi connectivity index (χ2n) is 10.0. The SMILES string of the molecule is CCc1cc2c(nc1Cl)CC(C(C)C1CCC1)C(C)C(=O)C(=NCc1ccc(S(=O)(=O)CC)cn1)N2. The number of sulfone groups is 1. The Morgan fingerprint density at radius 1 is 1.25 bits per heavy atom. The predicted octanol–water partition coefficient (Wildman–Crippen LogP) is 5.31. The maximum absolute atomic E-state index is 13.7. The largest absolute Gasteiger partial charge is 0.336 e. The number of hydrogen-bond acceptors (Lipinski definition) is 6. The molecule has 3 unspecified atom stereocenters. The van der Waals surface area contributed by atoms with Crippen LogP contribution in [0.4, 0.5) is 5.69 Å². The van der Waals surface area contributed by atoms with E-state index < -0.39 is 9.84 Å². The number of aryl methyl sites for hydroxylation is 1. The van der Waals surface area contributed by atoms with E-state index in [1.165, 1.54) is 25.5 Å². The first-order chi connectivity index (χ1) is 17.1. The number of anilines is 1. The van der Waals surface area contributed by atoms with Gasteiger partial charge < -0.3 is 5.32 Å². The lowest BCUT2D eigenvalue weighted by Crippen LogP contribution is -2.41. The van der Waals surface area contributed by atoms with Gasteiger partial charge in [-0.1, -0.05) is 58.6 Å². The highest BCUT2D eigenvalue weighted by atomic mass is 35.5. The molecular formula is C27H35ClN4O3S. The lowest BCUT2D eigenvalue weighted by molar-refractivity contribution is -0.118. The summed E-state index contributed by atoms with van der Waals surface area (Å²) in [6.07, 6.45) is 6.46. The predicted molar refractivity (Wildman–Crippen MR) is 143 cm³/mol. The summed E-state index contributed by atoms with van der Waals surface area (Å²) in [6.45, 7) is 8.05. The van der Waals surface area contributed by atoms with E-state index in [0.29, 0.717) is 29.1 Å². The fourth-order valence-electron chi connectivity index (χ4n) is 5.17. The first-order valence-electron chi connectivity index (χ1n) is 12.9. The van der Waals surface area contributed by atoms with E-state index in [2.05, 4.69) is 22.2 Å². The second-order valence-corrected chi connectivity index (χ2v) is 12.7. The summed E-state index contributed by atoms with van der Waals surface area (Å²) in [5, 5.41) is 3.78. The standard InChI is InChI=1S/C27H35ClN4O3S/c1-5-18-12-23-24(31-26(18)28)13-22(16(3)19-8-7-9-19)17(4)25(33)27(32-23)30-14-20-10-11-21(15-29-20)36(34,35)6-2/h10-12,15-17,19,22H,5-9,13-14H2,1-4H3,(H,30,32). The third-order valence-electron chi connectivity index (χ3n) is 7.98. The van der Waals surface area contributed by atoms with Crippen LogP contribution >= 0.6 is 11.6 Å². The van der Waals surface area contributed by atoms with E-state index in [-0.39, 0.29) is 40.6 Å². The van der Waals surface area contributed by atoms with Crippen LogP contribution in [0.1, 0.15) is 63.9 Å². The summed E-state index contributed by atoms with van der Waals surface area (Å²) >= 11 is 6.49. The molecule has 36 heavy (non-hydrogen) atoms. The lowest BCUT2D eigenvalue weighted by atomic mass is 9.66. The molecule has 1 aliphatic heterocycles. The smallest absolute Gasteiger partial charge is 0.200 e. The number of nitrogens with zero attached hydrogens (tertiary/aromatic N) is 3. The van der Waals surface area contributed by atoms with Crippen molar-refractivity contribution in [3.8, 4) is 0 Å². The normalized spacial score (nSPS) is 22.8. The van der Waals surface area contributed by atoms with Crippen LogP contribution in [0.5, 0.6) is 0 Å². The molecule has 7 nitrogen and oxygen atoms in total. The van der Waals surface area contributed by atoms with Crippen molar-refractivity contribution in [2.75, 3.05) is 11.1 Å². The first kappa shape index (κ1) is 26.7. The number of ketones is 1. The highest BCUT2D eigenvalue weighted by Gasteiger charge is 2.39. The molecule has 1 saturated carbocycles. The van der Waals surface area contributed by atoms with Crippen LogP contribution in [0.15, 0.2) is 34.3 Å². The van der Waals surface area contributed by atoms with Gasteiger partial charge in [0.25, 0.3) is 0 Å². The Morgan fingerprint density at radius 2 is 2.00 bits per heavy atom. The van der Waals surface area contributed by atoms with Crippen LogP contribution in [-0.2, 0) is 34.0 Å². The number of pyridine rings is 2. The topological polar surface area (TPSA) is 101 Å². The summed E-state index contributed by atoms with van der Waals surface area (Å²) < 4.78 is 24.2. The molecule has 0 bridgehead atoms. The zero-order valence-electron chi connectivity index (χ0n) is 21.4. The average molecular weight is 531 g/mol. The number of nitrogens with one attached hydrogen (secondary N) is 1. The summed E-state index contributed by atoms with van der Waals surface area (Å²) in [4.78, 5) is 27.5. The van der Waals surface area contributed by atoms with Crippen molar-refractivity contribution < 1.29 is 13.2 Å². The van der Waals surface area contributed by atoms with Crippen molar-refractivity contribution in [3.05, 3.63) is 46.5 Å². The number of carbonyl (C=O) groups excluding carboxylic acids is 1. The van der Waals surface area contributed by atoms with Gasteiger partial charge in [-0.2, -0.15) is 0 Å². The van der Waals surface area contributed by atoms with Gasteiger partial charge in [0.2, 0.25) is 5.78 Å². The Balaban J connectivity index is 1.68. The molecule has 2 aliphatic rings. The van der Waals surface area contributed by atoms with Crippen molar-refractivity contribution in [3.63, 3.8) is 0 Å². The van der Waals surface area contributed by atoms with E-state index in [1.54, 1.807) is 19.1 Å². The van der Waals surface area contributed by atoms with Gasteiger partial charge in [0.1, 0.15) is 5.15 Å². The van der Waals surface area contributed by atoms with Gasteiger partial charge >= 0.3 is 0 Å². The zero-order chi connectivity index (χ0) is 26.0. The molecule has 0 radical (unpaired) electrons. The molecule has 1 aliphatic carbocycles. The molecule has 1 N–H and O–H groups in total. The number of fused-ring (bicyclic) bond motifs is 1. The monoisotopic (exact) mass is 530 g/mol. The minimum Gasteiger partial charge on any atom is -0.336 e. The molecule has 0 saturated heterocycles. The van der Waals surface area contributed by atoms with Crippen LogP contribution in [0.25, 0.3) is 0 Å². The second kappa shape index (κ2) is 11.0. The van der Waals surface area contributed by atoms with Crippen molar-refractivity contribution in [2.24, 2.45) is 28.7 Å². The third-order valence-corrected chi connectivity index (χ3v) is 10.0. The molecule has 0 amide bonds. The summed E-state index contributed by atoms with van der Waals surface area (Å²) in [6, 6.07) is 5.18. The number of rotatable bonds is 7. The Morgan fingerprint density at radius 3 is 2.58 bits per heavy atom. The highest BCUT2D eigenvalue weighted by molar-refractivity contribution is 7.91. The molecular weight excluding hydrogens is 496 g/mol. The first-order valence-corrected chi connectivity index (χ1v) is 14.9. The lowest BCUT2D eigenvalue weighted by Gasteiger charge is -2.40. The number of halogens is 1. The number of carbonyl (C=O) groups is 1. The minimum absolute atomic E-state index is 0.0181. The Labute approximate surface area is 219 Å². The molecule has 4 rings (SSSR count). The maximum atomic E-state index is 13.7. The van der Waals surface area contributed by atoms with Crippen molar-refractivity contribution >= 4 is 38.7 Å². The van der Waals surface area contributed by atoms with Crippen LogP contribution in [0.3, 0.4) is 0 Å². The maximum Gasteiger partial charge on any atom is 0.200 e. The number of amidine groups is 1. The van der Waals surface area contributed by atoms with Gasteiger partial charge in [-0.25, -0.2) is 13.4 Å². The molecule has 3 atom stereocenters. The Kier molecular flexibility index (Phi) is 8.15. The van der Waals surface area contributed by atoms with Gasteiger partial charge in [0, 0.05) is 12.1 Å². The molecule has 1 fully saturated rings. The molecule has 9 heteroatoms. The van der Waals surface area contributed by atoms with Gasteiger partial charge in [-0.15, -0.1) is 0 Å². The molecule has 0 spiro atoms. The van der Waals surface area contributed by atoms with Crippen molar-refractivity contribution in [1.82, 2.24) is 9.97 Å². The van der Waals surface area contributed by atoms with Crippen LogP contribution in [0, 0.1) is 23.7 Å². The molecule has 194 valence electrons. The Hall–Kier alpha value is -2.32. The van der Waals surface area contributed by atoms with Crippen LogP contribution in [0.2, 0.25) is 5.15 Å². The quantitative estimate of drug-likeness (QED) is 0.487. The number of aromatic nitrogens is 2. The van der Waals surface area contributed by atoms with Gasteiger partial charge in [0.05, 0.1) is 34.3 Å². The highest BCUT2D eigenvalue weighted by Crippen LogP contribution is 2.42. The number of hydrogen-bond donors (Lipinski definition) is 1. The molecule has 3 heterocycles. The molecule has 0 aromatic carbocycles. The minimum atomic E-state index is -3.32. The number of aliphatic imine (C=N–C) groups is 1. The van der Waals surface area contributed by atoms with Gasteiger partial charge in [-0.05, 0) is 54.4 Å². The Bertz CT molecular complexity index is 1260. The zero-order valence-corrected chi connectivity index (χ0v) is 23.0. The van der Waals surface area contributed by atoms with E-state index in [9.17, 15) is 13.2 Å². The van der Waals surface area contributed by atoms with Gasteiger partial charge in [0.15, 0.2) is 15.7 Å². The molecule has 2 aromatic heterocycles.